The van der Waals surface area contributed by atoms with Gasteiger partial charge in [-0.2, -0.15) is 5.10 Å². The number of rotatable bonds is 6. The van der Waals surface area contributed by atoms with Crippen molar-refractivity contribution in [1.82, 2.24) is 5.43 Å². The fourth-order valence-electron chi connectivity index (χ4n) is 3.18. The third-order valence-electron chi connectivity index (χ3n) is 4.52. The molecule has 1 amide bonds. The Morgan fingerprint density at radius 3 is 2.81 bits per heavy atom. The van der Waals surface area contributed by atoms with Gasteiger partial charge in [0.05, 0.1) is 6.21 Å². The van der Waals surface area contributed by atoms with Gasteiger partial charge < -0.3 is 14.1 Å². The van der Waals surface area contributed by atoms with Gasteiger partial charge in [0.2, 0.25) is 0 Å². The van der Waals surface area contributed by atoms with Crippen molar-refractivity contribution < 1.29 is 13.9 Å². The molecular formula is C21H21N3O3. The summed E-state index contributed by atoms with van der Waals surface area (Å²) in [5.74, 6) is 1.80. The summed E-state index contributed by atoms with van der Waals surface area (Å²) in [5.41, 5.74) is 2.46. The standard InChI is InChI=1S/C21H21N3O3/c25-20(15-26-19-9-5-7-16-6-1-2-8-18(16)19)23-22-14-17-10-11-21(27-17)24-12-3-4-13-24/h1-2,5-11,14H,3-4,12-13,15H2,(H,23,25)/b22-14+. The Kier molecular flexibility index (Phi) is 5.05. The minimum Gasteiger partial charge on any atom is -0.483 e. The van der Waals surface area contributed by atoms with E-state index in [-0.39, 0.29) is 12.5 Å². The summed E-state index contributed by atoms with van der Waals surface area (Å²) in [6.07, 6.45) is 3.88. The number of anilines is 1. The first kappa shape index (κ1) is 17.1. The fourth-order valence-corrected chi connectivity index (χ4v) is 3.18. The lowest BCUT2D eigenvalue weighted by Gasteiger charge is -2.12. The number of nitrogens with zero attached hydrogens (tertiary/aromatic N) is 2. The van der Waals surface area contributed by atoms with Crippen molar-refractivity contribution in [3.05, 3.63) is 60.4 Å². The smallest absolute Gasteiger partial charge is 0.277 e. The van der Waals surface area contributed by atoms with Crippen molar-refractivity contribution >= 4 is 28.8 Å². The van der Waals surface area contributed by atoms with Gasteiger partial charge in [0.25, 0.3) is 5.91 Å². The molecule has 6 heteroatoms. The van der Waals surface area contributed by atoms with Crippen molar-refractivity contribution in [2.45, 2.75) is 12.8 Å². The van der Waals surface area contributed by atoms with Crippen molar-refractivity contribution in [2.75, 3.05) is 24.6 Å². The van der Waals surface area contributed by atoms with Gasteiger partial charge in [-0.25, -0.2) is 5.43 Å². The molecule has 27 heavy (non-hydrogen) atoms. The topological polar surface area (TPSA) is 67.1 Å². The predicted molar refractivity (Wildman–Crippen MR) is 105 cm³/mol. The van der Waals surface area contributed by atoms with Crippen LogP contribution >= 0.6 is 0 Å². The number of carbonyl (C=O) groups is 1. The zero-order valence-corrected chi connectivity index (χ0v) is 14.9. The lowest BCUT2D eigenvalue weighted by Crippen LogP contribution is -2.24. The number of furan rings is 1. The zero-order valence-electron chi connectivity index (χ0n) is 14.9. The van der Waals surface area contributed by atoms with Crippen LogP contribution in [0.5, 0.6) is 5.75 Å². The lowest BCUT2D eigenvalue weighted by molar-refractivity contribution is -0.123. The molecule has 1 aromatic heterocycles. The van der Waals surface area contributed by atoms with Crippen LogP contribution in [0.15, 0.2) is 64.1 Å². The molecule has 0 spiro atoms. The van der Waals surface area contributed by atoms with E-state index in [0.29, 0.717) is 11.5 Å². The van der Waals surface area contributed by atoms with E-state index < -0.39 is 0 Å². The number of hydrogen-bond acceptors (Lipinski definition) is 5. The highest BCUT2D eigenvalue weighted by Gasteiger charge is 2.15. The van der Waals surface area contributed by atoms with Crippen LogP contribution < -0.4 is 15.1 Å². The van der Waals surface area contributed by atoms with Gasteiger partial charge in [-0.3, -0.25) is 4.79 Å². The van der Waals surface area contributed by atoms with Crippen molar-refractivity contribution in [2.24, 2.45) is 5.10 Å². The summed E-state index contributed by atoms with van der Waals surface area (Å²) in [7, 11) is 0. The molecule has 0 saturated carbocycles. The number of benzene rings is 2. The number of hydrazone groups is 1. The Balaban J connectivity index is 1.30. The van der Waals surface area contributed by atoms with Crippen LogP contribution in [0.3, 0.4) is 0 Å². The number of ether oxygens (including phenoxy) is 1. The highest BCUT2D eigenvalue weighted by molar-refractivity contribution is 5.88. The van der Waals surface area contributed by atoms with Crippen LogP contribution in [0, 0.1) is 0 Å². The second-order valence-corrected chi connectivity index (χ2v) is 6.43. The van der Waals surface area contributed by atoms with E-state index in [4.69, 9.17) is 9.15 Å². The Hall–Kier alpha value is -3.28. The van der Waals surface area contributed by atoms with Gasteiger partial charge in [-0.15, -0.1) is 0 Å². The molecule has 3 aromatic rings. The highest BCUT2D eigenvalue weighted by atomic mass is 16.5. The summed E-state index contributed by atoms with van der Waals surface area (Å²) >= 11 is 0. The molecule has 1 N–H and O–H groups in total. The predicted octanol–water partition coefficient (Wildman–Crippen LogP) is 3.56. The fraction of sp³-hybridized carbons (Fsp3) is 0.238. The zero-order chi connectivity index (χ0) is 18.5. The molecule has 0 aliphatic carbocycles. The van der Waals surface area contributed by atoms with Gasteiger partial charge >= 0.3 is 0 Å². The maximum atomic E-state index is 12.0. The Bertz CT molecular complexity index is 953. The minimum absolute atomic E-state index is 0.109. The van der Waals surface area contributed by atoms with E-state index in [1.54, 1.807) is 0 Å². The molecule has 6 nitrogen and oxygen atoms in total. The SMILES string of the molecule is O=C(COc1cccc2ccccc12)N/N=C/c1ccc(N2CCCC2)o1. The van der Waals surface area contributed by atoms with Crippen molar-refractivity contribution in [3.63, 3.8) is 0 Å². The quantitative estimate of drug-likeness (QED) is 0.537. The molecule has 1 aliphatic heterocycles. The number of nitrogens with one attached hydrogen (secondary N) is 1. The molecule has 1 saturated heterocycles. The first-order valence-electron chi connectivity index (χ1n) is 9.07. The molecule has 0 unspecified atom stereocenters. The average Bonchev–Trinajstić information content (AvgIpc) is 3.38. The minimum atomic E-state index is -0.328. The molecule has 4 rings (SSSR count). The summed E-state index contributed by atoms with van der Waals surface area (Å²) in [6, 6.07) is 17.4. The van der Waals surface area contributed by atoms with E-state index in [2.05, 4.69) is 15.4 Å². The van der Waals surface area contributed by atoms with Gasteiger partial charge in [-0.1, -0.05) is 36.4 Å². The van der Waals surface area contributed by atoms with Gasteiger partial charge in [0.15, 0.2) is 12.5 Å². The third-order valence-corrected chi connectivity index (χ3v) is 4.52. The van der Waals surface area contributed by atoms with Crippen LogP contribution in [0.25, 0.3) is 10.8 Å². The van der Waals surface area contributed by atoms with E-state index in [1.807, 2.05) is 54.6 Å². The molecule has 1 fully saturated rings. The van der Waals surface area contributed by atoms with Crippen LogP contribution in [-0.2, 0) is 4.79 Å². The third kappa shape index (κ3) is 4.11. The van der Waals surface area contributed by atoms with Crippen LogP contribution in [0.2, 0.25) is 0 Å². The number of fused-ring (bicyclic) bond motifs is 1. The van der Waals surface area contributed by atoms with E-state index in [1.165, 1.54) is 19.1 Å². The van der Waals surface area contributed by atoms with Crippen LogP contribution in [0.4, 0.5) is 5.88 Å². The number of amides is 1. The van der Waals surface area contributed by atoms with Gasteiger partial charge in [0, 0.05) is 24.5 Å². The lowest BCUT2D eigenvalue weighted by atomic mass is 10.1. The van der Waals surface area contributed by atoms with Gasteiger partial charge in [-0.05, 0) is 30.4 Å². The molecular weight excluding hydrogens is 342 g/mol. The number of carbonyl (C=O) groups excluding carboxylic acids is 1. The molecule has 0 radical (unpaired) electrons. The first-order chi connectivity index (χ1) is 13.3. The summed E-state index contributed by atoms with van der Waals surface area (Å²) in [5, 5.41) is 5.98. The molecule has 2 heterocycles. The van der Waals surface area contributed by atoms with E-state index in [0.717, 1.165) is 29.7 Å². The second-order valence-electron chi connectivity index (χ2n) is 6.43. The summed E-state index contributed by atoms with van der Waals surface area (Å²) in [6.45, 7) is 1.93. The Morgan fingerprint density at radius 2 is 1.93 bits per heavy atom. The molecule has 2 aromatic carbocycles. The highest BCUT2D eigenvalue weighted by Crippen LogP contribution is 2.25. The molecule has 0 atom stereocenters. The van der Waals surface area contributed by atoms with Gasteiger partial charge in [0.1, 0.15) is 11.5 Å². The van der Waals surface area contributed by atoms with Crippen LogP contribution in [-0.4, -0.2) is 31.8 Å². The monoisotopic (exact) mass is 363 g/mol. The Morgan fingerprint density at radius 1 is 1.11 bits per heavy atom. The largest absolute Gasteiger partial charge is 0.483 e. The number of hydrogen-bond donors (Lipinski definition) is 1. The second kappa shape index (κ2) is 7.95. The first-order valence-corrected chi connectivity index (χ1v) is 9.07. The summed E-state index contributed by atoms with van der Waals surface area (Å²) in [4.78, 5) is 14.2. The molecule has 1 aliphatic rings. The molecule has 138 valence electrons. The van der Waals surface area contributed by atoms with E-state index >= 15 is 0 Å². The van der Waals surface area contributed by atoms with Crippen molar-refractivity contribution in [3.8, 4) is 5.75 Å². The maximum Gasteiger partial charge on any atom is 0.277 e. The normalized spacial score (nSPS) is 14.1. The van der Waals surface area contributed by atoms with Crippen LogP contribution in [0.1, 0.15) is 18.6 Å². The summed E-state index contributed by atoms with van der Waals surface area (Å²) < 4.78 is 11.4. The Labute approximate surface area is 157 Å². The van der Waals surface area contributed by atoms with E-state index in [9.17, 15) is 4.79 Å². The maximum absolute atomic E-state index is 12.0. The molecule has 0 bridgehead atoms. The van der Waals surface area contributed by atoms with Crippen molar-refractivity contribution in [1.29, 1.82) is 0 Å². The average molecular weight is 363 g/mol.